The Labute approximate surface area is 117 Å². The van der Waals surface area contributed by atoms with E-state index in [4.69, 9.17) is 25.8 Å². The molecule has 0 unspecified atom stereocenters. The van der Waals surface area contributed by atoms with E-state index < -0.39 is 0 Å². The number of benzene rings is 1. The highest BCUT2D eigenvalue weighted by Crippen LogP contribution is 2.17. The molecule has 0 bridgehead atoms. The van der Waals surface area contributed by atoms with Gasteiger partial charge in [-0.3, -0.25) is 0 Å². The molecule has 0 heterocycles. The molecule has 0 saturated carbocycles. The molecule has 0 amide bonds. The van der Waals surface area contributed by atoms with Gasteiger partial charge >= 0.3 is 0 Å². The number of halogens is 2. The minimum Gasteiger partial charge on any atom is -0.383 e. The topological polar surface area (TPSA) is 39.7 Å². The van der Waals surface area contributed by atoms with E-state index in [1.807, 2.05) is 0 Å². The average molecular weight is 292 g/mol. The second kappa shape index (κ2) is 9.97. The van der Waals surface area contributed by atoms with Crippen LogP contribution < -0.4 is 5.32 Å². The van der Waals surface area contributed by atoms with Crippen molar-refractivity contribution >= 4 is 17.3 Å². The molecule has 19 heavy (non-hydrogen) atoms. The number of rotatable bonds is 10. The zero-order chi connectivity index (χ0) is 13.9. The highest BCUT2D eigenvalue weighted by Gasteiger charge is 1.98. The van der Waals surface area contributed by atoms with E-state index in [9.17, 15) is 4.39 Å². The molecular weight excluding hydrogens is 273 g/mol. The van der Waals surface area contributed by atoms with Crippen LogP contribution in [0, 0.1) is 5.82 Å². The van der Waals surface area contributed by atoms with Gasteiger partial charge in [0.05, 0.1) is 33.0 Å². The quantitative estimate of drug-likeness (QED) is 0.673. The maximum absolute atomic E-state index is 13.0. The minimum atomic E-state index is -0.359. The first kappa shape index (κ1) is 16.2. The van der Waals surface area contributed by atoms with E-state index in [1.54, 1.807) is 13.2 Å². The molecule has 1 N–H and O–H groups in total. The SMILES string of the molecule is COCCOCCOCCNc1cc(F)cc(Cl)c1. The van der Waals surface area contributed by atoms with Gasteiger partial charge in [0.2, 0.25) is 0 Å². The van der Waals surface area contributed by atoms with Gasteiger partial charge in [-0.1, -0.05) is 11.6 Å². The van der Waals surface area contributed by atoms with Crippen LogP contribution in [0.1, 0.15) is 0 Å². The van der Waals surface area contributed by atoms with E-state index in [1.165, 1.54) is 12.1 Å². The Balaban J connectivity index is 2.01. The molecule has 108 valence electrons. The number of nitrogens with one attached hydrogen (secondary N) is 1. The Morgan fingerprint density at radius 1 is 1.05 bits per heavy atom. The largest absolute Gasteiger partial charge is 0.383 e. The summed E-state index contributed by atoms with van der Waals surface area (Å²) in [7, 11) is 1.63. The van der Waals surface area contributed by atoms with E-state index in [2.05, 4.69) is 5.32 Å². The van der Waals surface area contributed by atoms with Gasteiger partial charge in [-0.15, -0.1) is 0 Å². The number of hydrogen-bond donors (Lipinski definition) is 1. The first-order chi connectivity index (χ1) is 9.22. The van der Waals surface area contributed by atoms with Gasteiger partial charge in [0.15, 0.2) is 0 Å². The van der Waals surface area contributed by atoms with Gasteiger partial charge in [-0.05, 0) is 18.2 Å². The monoisotopic (exact) mass is 291 g/mol. The molecule has 0 saturated heterocycles. The van der Waals surface area contributed by atoms with Crippen molar-refractivity contribution < 1.29 is 18.6 Å². The Kier molecular flexibility index (Phi) is 8.49. The minimum absolute atomic E-state index is 0.359. The summed E-state index contributed by atoms with van der Waals surface area (Å²) in [4.78, 5) is 0. The summed E-state index contributed by atoms with van der Waals surface area (Å²) in [5, 5.41) is 3.40. The van der Waals surface area contributed by atoms with Crippen molar-refractivity contribution in [2.24, 2.45) is 0 Å². The van der Waals surface area contributed by atoms with E-state index in [0.717, 1.165) is 0 Å². The fraction of sp³-hybridized carbons (Fsp3) is 0.538. The molecule has 0 atom stereocenters. The molecule has 0 aromatic heterocycles. The normalized spacial score (nSPS) is 10.7. The van der Waals surface area contributed by atoms with Gasteiger partial charge < -0.3 is 19.5 Å². The van der Waals surface area contributed by atoms with E-state index in [-0.39, 0.29) is 5.82 Å². The standard InChI is InChI=1S/C13H19ClFNO3/c1-17-4-5-19-7-6-18-3-2-16-13-9-11(14)8-12(15)10-13/h8-10,16H,2-7H2,1H3. The summed E-state index contributed by atoms with van der Waals surface area (Å²) in [6.07, 6.45) is 0. The second-order valence-electron chi connectivity index (χ2n) is 3.80. The highest BCUT2D eigenvalue weighted by atomic mass is 35.5. The second-order valence-corrected chi connectivity index (χ2v) is 4.24. The third kappa shape index (κ3) is 8.00. The first-order valence-corrected chi connectivity index (χ1v) is 6.44. The van der Waals surface area contributed by atoms with E-state index in [0.29, 0.717) is 50.3 Å². The number of methoxy groups -OCH3 is 1. The first-order valence-electron chi connectivity index (χ1n) is 6.07. The van der Waals surface area contributed by atoms with Gasteiger partial charge in [0, 0.05) is 24.4 Å². The highest BCUT2D eigenvalue weighted by molar-refractivity contribution is 6.30. The summed E-state index contributed by atoms with van der Waals surface area (Å²) in [6.45, 7) is 3.31. The molecule has 1 aromatic rings. The van der Waals surface area contributed by atoms with Crippen LogP contribution >= 0.6 is 11.6 Å². The van der Waals surface area contributed by atoms with Crippen LogP contribution in [0.15, 0.2) is 18.2 Å². The van der Waals surface area contributed by atoms with Gasteiger partial charge in [0.25, 0.3) is 0 Å². The lowest BCUT2D eigenvalue weighted by atomic mass is 10.3. The zero-order valence-electron chi connectivity index (χ0n) is 11.0. The number of hydrogen-bond acceptors (Lipinski definition) is 4. The van der Waals surface area contributed by atoms with Crippen molar-refractivity contribution in [1.82, 2.24) is 0 Å². The lowest BCUT2D eigenvalue weighted by molar-refractivity contribution is 0.0272. The van der Waals surface area contributed by atoms with Gasteiger partial charge in [0.1, 0.15) is 5.82 Å². The third-order valence-corrected chi connectivity index (χ3v) is 2.46. The summed E-state index contributed by atoms with van der Waals surface area (Å²) in [5.41, 5.74) is 0.643. The van der Waals surface area contributed by atoms with Crippen LogP contribution in [0.3, 0.4) is 0 Å². The van der Waals surface area contributed by atoms with Gasteiger partial charge in [-0.2, -0.15) is 0 Å². The van der Waals surface area contributed by atoms with Crippen LogP contribution in [0.2, 0.25) is 5.02 Å². The molecule has 4 nitrogen and oxygen atoms in total. The number of ether oxygens (including phenoxy) is 3. The molecule has 0 radical (unpaired) electrons. The summed E-state index contributed by atoms with van der Waals surface area (Å²) >= 11 is 5.74. The Hall–Kier alpha value is -0.880. The number of anilines is 1. The maximum atomic E-state index is 13.0. The summed E-state index contributed by atoms with van der Waals surface area (Å²) in [6, 6.07) is 4.32. The lowest BCUT2D eigenvalue weighted by Crippen LogP contribution is -2.13. The molecule has 0 aliphatic carbocycles. The Morgan fingerprint density at radius 3 is 2.42 bits per heavy atom. The lowest BCUT2D eigenvalue weighted by Gasteiger charge is -2.08. The fourth-order valence-electron chi connectivity index (χ4n) is 1.39. The van der Waals surface area contributed by atoms with Crippen molar-refractivity contribution in [3.63, 3.8) is 0 Å². The molecule has 0 aliphatic rings. The molecule has 1 rings (SSSR count). The summed E-state index contributed by atoms with van der Waals surface area (Å²) < 4.78 is 28.4. The van der Waals surface area contributed by atoms with Crippen LogP contribution in [0.4, 0.5) is 10.1 Å². The molecular formula is C13H19ClFNO3. The predicted molar refractivity (Wildman–Crippen MR) is 73.4 cm³/mol. The van der Waals surface area contributed by atoms with Gasteiger partial charge in [-0.25, -0.2) is 4.39 Å². The van der Waals surface area contributed by atoms with Crippen molar-refractivity contribution in [3.8, 4) is 0 Å². The Morgan fingerprint density at radius 2 is 1.74 bits per heavy atom. The van der Waals surface area contributed by atoms with Crippen molar-refractivity contribution in [3.05, 3.63) is 29.0 Å². The van der Waals surface area contributed by atoms with E-state index >= 15 is 0 Å². The van der Waals surface area contributed by atoms with Crippen LogP contribution in [0.25, 0.3) is 0 Å². The third-order valence-electron chi connectivity index (χ3n) is 2.24. The summed E-state index contributed by atoms with van der Waals surface area (Å²) in [5.74, 6) is -0.359. The zero-order valence-corrected chi connectivity index (χ0v) is 11.7. The van der Waals surface area contributed by atoms with Crippen LogP contribution in [-0.4, -0.2) is 46.7 Å². The van der Waals surface area contributed by atoms with Crippen molar-refractivity contribution in [1.29, 1.82) is 0 Å². The van der Waals surface area contributed by atoms with Crippen molar-refractivity contribution in [2.45, 2.75) is 0 Å². The van der Waals surface area contributed by atoms with Crippen molar-refractivity contribution in [2.75, 3.05) is 52.0 Å². The van der Waals surface area contributed by atoms with Crippen LogP contribution in [-0.2, 0) is 14.2 Å². The molecule has 0 spiro atoms. The smallest absolute Gasteiger partial charge is 0.126 e. The average Bonchev–Trinajstić information content (AvgIpc) is 2.36. The Bertz CT molecular complexity index is 345. The molecule has 1 aromatic carbocycles. The predicted octanol–water partition coefficient (Wildman–Crippen LogP) is 2.57. The molecule has 0 aliphatic heterocycles. The molecule has 0 fully saturated rings. The maximum Gasteiger partial charge on any atom is 0.126 e. The molecule has 6 heteroatoms. The van der Waals surface area contributed by atoms with Crippen LogP contribution in [0.5, 0.6) is 0 Å². The fourth-order valence-corrected chi connectivity index (χ4v) is 1.61.